The Morgan fingerprint density at radius 1 is 1.60 bits per heavy atom. The molecule has 1 aliphatic heterocycles. The van der Waals surface area contributed by atoms with Gasteiger partial charge < -0.3 is 10.2 Å². The van der Waals surface area contributed by atoms with E-state index in [9.17, 15) is 0 Å². The molecule has 84 valence electrons. The molecular formula is C11H17ClN2S. The maximum absolute atomic E-state index is 5.91. The molecule has 0 amide bonds. The van der Waals surface area contributed by atoms with Gasteiger partial charge in [0, 0.05) is 19.6 Å². The number of thiophene rings is 1. The molecule has 2 rings (SSSR count). The number of nitrogens with one attached hydrogen (secondary N) is 1. The summed E-state index contributed by atoms with van der Waals surface area (Å²) in [5.74, 6) is 0. The highest BCUT2D eigenvalue weighted by molar-refractivity contribution is 7.19. The molecule has 0 saturated carbocycles. The highest BCUT2D eigenvalue weighted by Crippen LogP contribution is 2.28. The quantitative estimate of drug-likeness (QED) is 0.876. The molecule has 2 nitrogen and oxygen atoms in total. The van der Waals surface area contributed by atoms with Gasteiger partial charge in [-0.05, 0) is 37.9 Å². The fraction of sp³-hybridized carbons (Fsp3) is 0.636. The van der Waals surface area contributed by atoms with Gasteiger partial charge in [-0.2, -0.15) is 0 Å². The Morgan fingerprint density at radius 2 is 2.47 bits per heavy atom. The third-order valence-electron chi connectivity index (χ3n) is 2.91. The third kappa shape index (κ3) is 3.10. The fourth-order valence-corrected chi connectivity index (χ4v) is 2.99. The van der Waals surface area contributed by atoms with Gasteiger partial charge in [0.15, 0.2) is 0 Å². The first-order valence-corrected chi connectivity index (χ1v) is 6.65. The zero-order valence-corrected chi connectivity index (χ0v) is 10.6. The van der Waals surface area contributed by atoms with E-state index < -0.39 is 0 Å². The lowest BCUT2D eigenvalue weighted by Gasteiger charge is -2.19. The first-order chi connectivity index (χ1) is 7.25. The first-order valence-electron chi connectivity index (χ1n) is 5.45. The molecule has 0 spiro atoms. The second-order valence-corrected chi connectivity index (χ2v) is 5.77. The predicted molar refractivity (Wildman–Crippen MR) is 68.2 cm³/mol. The van der Waals surface area contributed by atoms with Gasteiger partial charge in [0.25, 0.3) is 0 Å². The predicted octanol–water partition coefficient (Wildman–Crippen LogP) is 2.98. The van der Waals surface area contributed by atoms with Crippen molar-refractivity contribution in [3.05, 3.63) is 16.5 Å². The Labute approximate surface area is 100 Å². The van der Waals surface area contributed by atoms with Gasteiger partial charge in [-0.3, -0.25) is 0 Å². The molecule has 15 heavy (non-hydrogen) atoms. The Kier molecular flexibility index (Phi) is 3.89. The van der Waals surface area contributed by atoms with Crippen LogP contribution in [0.15, 0.2) is 12.1 Å². The molecule has 1 fully saturated rings. The van der Waals surface area contributed by atoms with Crippen LogP contribution >= 0.6 is 22.9 Å². The van der Waals surface area contributed by atoms with Crippen LogP contribution in [-0.4, -0.2) is 26.2 Å². The summed E-state index contributed by atoms with van der Waals surface area (Å²) < 4.78 is 0.871. The minimum atomic E-state index is 0.725. The van der Waals surface area contributed by atoms with Gasteiger partial charge in [0.1, 0.15) is 0 Å². The Balaban J connectivity index is 1.79. The van der Waals surface area contributed by atoms with Crippen LogP contribution < -0.4 is 10.2 Å². The molecule has 1 aliphatic rings. The molecule has 2 heterocycles. The van der Waals surface area contributed by atoms with Gasteiger partial charge in [-0.1, -0.05) is 11.6 Å². The van der Waals surface area contributed by atoms with Crippen molar-refractivity contribution in [1.82, 2.24) is 5.32 Å². The van der Waals surface area contributed by atoms with E-state index in [-0.39, 0.29) is 0 Å². The van der Waals surface area contributed by atoms with Gasteiger partial charge in [-0.15, -0.1) is 11.3 Å². The molecule has 1 aromatic rings. The third-order valence-corrected chi connectivity index (χ3v) is 4.26. The molecular weight excluding hydrogens is 228 g/mol. The molecule has 0 aromatic carbocycles. The van der Waals surface area contributed by atoms with E-state index >= 15 is 0 Å². The lowest BCUT2D eigenvalue weighted by atomic mass is 10.1. The largest absolute Gasteiger partial charge is 0.366 e. The number of halogens is 1. The van der Waals surface area contributed by atoms with Gasteiger partial charge >= 0.3 is 0 Å². The minimum Gasteiger partial charge on any atom is -0.366 e. The summed E-state index contributed by atoms with van der Waals surface area (Å²) in [6, 6.07) is 4.78. The van der Waals surface area contributed by atoms with E-state index in [2.05, 4.69) is 23.3 Å². The zero-order chi connectivity index (χ0) is 10.7. The maximum Gasteiger partial charge on any atom is 0.0950 e. The van der Waals surface area contributed by atoms with Crippen LogP contribution in [0, 0.1) is 0 Å². The van der Waals surface area contributed by atoms with Crippen LogP contribution in [0.1, 0.15) is 19.3 Å². The van der Waals surface area contributed by atoms with Crippen LogP contribution in [0.2, 0.25) is 4.34 Å². The van der Waals surface area contributed by atoms with E-state index in [1.54, 1.807) is 11.3 Å². The van der Waals surface area contributed by atoms with Gasteiger partial charge in [-0.25, -0.2) is 0 Å². The lowest BCUT2D eigenvalue weighted by Crippen LogP contribution is -2.27. The number of rotatable bonds is 4. The van der Waals surface area contributed by atoms with Crippen LogP contribution in [0.25, 0.3) is 0 Å². The van der Waals surface area contributed by atoms with Crippen LogP contribution in [0.3, 0.4) is 0 Å². The van der Waals surface area contributed by atoms with E-state index in [4.69, 9.17) is 11.6 Å². The topological polar surface area (TPSA) is 15.3 Å². The number of hydrogen-bond donors (Lipinski definition) is 1. The average molecular weight is 245 g/mol. The second kappa shape index (κ2) is 5.19. The van der Waals surface area contributed by atoms with Crippen LogP contribution in [0.4, 0.5) is 5.00 Å². The summed E-state index contributed by atoms with van der Waals surface area (Å²) in [5, 5.41) is 4.78. The molecule has 0 aliphatic carbocycles. The van der Waals surface area contributed by atoms with Crippen LogP contribution in [0.5, 0.6) is 0 Å². The van der Waals surface area contributed by atoms with Gasteiger partial charge in [0.05, 0.1) is 9.34 Å². The molecule has 1 atom stereocenters. The van der Waals surface area contributed by atoms with Crippen molar-refractivity contribution in [2.24, 2.45) is 0 Å². The normalized spacial score (nSPS) is 20.8. The maximum atomic E-state index is 5.91. The molecule has 4 heteroatoms. The molecule has 0 radical (unpaired) electrons. The van der Waals surface area contributed by atoms with E-state index in [0.717, 1.165) is 16.9 Å². The number of hydrogen-bond acceptors (Lipinski definition) is 3. The molecule has 1 unspecified atom stereocenters. The zero-order valence-electron chi connectivity index (χ0n) is 9.00. The van der Waals surface area contributed by atoms with Crippen molar-refractivity contribution in [1.29, 1.82) is 0 Å². The first kappa shape index (κ1) is 11.2. The van der Waals surface area contributed by atoms with Crippen molar-refractivity contribution in [2.75, 3.05) is 25.0 Å². The van der Waals surface area contributed by atoms with Crippen molar-refractivity contribution in [3.63, 3.8) is 0 Å². The highest BCUT2D eigenvalue weighted by Gasteiger charge is 2.14. The summed E-state index contributed by atoms with van der Waals surface area (Å²) in [5.41, 5.74) is 0. The van der Waals surface area contributed by atoms with Crippen molar-refractivity contribution in [2.45, 2.75) is 25.3 Å². The average Bonchev–Trinajstić information content (AvgIpc) is 2.84. The minimum absolute atomic E-state index is 0.725. The summed E-state index contributed by atoms with van der Waals surface area (Å²) >= 11 is 7.56. The van der Waals surface area contributed by atoms with Crippen molar-refractivity contribution >= 4 is 27.9 Å². The van der Waals surface area contributed by atoms with Crippen LogP contribution in [-0.2, 0) is 0 Å². The van der Waals surface area contributed by atoms with E-state index in [1.165, 1.54) is 30.8 Å². The lowest BCUT2D eigenvalue weighted by molar-refractivity contribution is 0.560. The number of anilines is 1. The second-order valence-electron chi connectivity index (χ2n) is 4.08. The Bertz CT molecular complexity index is 307. The smallest absolute Gasteiger partial charge is 0.0950 e. The highest BCUT2D eigenvalue weighted by atomic mass is 35.5. The molecule has 1 aromatic heterocycles. The number of nitrogens with zero attached hydrogens (tertiary/aromatic N) is 1. The van der Waals surface area contributed by atoms with E-state index in [0.29, 0.717) is 0 Å². The van der Waals surface area contributed by atoms with Crippen molar-refractivity contribution < 1.29 is 0 Å². The molecule has 0 bridgehead atoms. The Morgan fingerprint density at radius 3 is 3.07 bits per heavy atom. The molecule has 1 N–H and O–H groups in total. The monoisotopic (exact) mass is 244 g/mol. The standard InChI is InChI=1S/C11H17ClN2S/c1-14(11-5-4-10(12)15-11)8-6-9-3-2-7-13-9/h4-5,9,13H,2-3,6-8H2,1H3. The fourth-order valence-electron chi connectivity index (χ4n) is 1.97. The summed E-state index contributed by atoms with van der Waals surface area (Å²) in [7, 11) is 2.14. The Hall–Kier alpha value is -0.250. The van der Waals surface area contributed by atoms with Crippen molar-refractivity contribution in [3.8, 4) is 0 Å². The summed E-state index contributed by atoms with van der Waals surface area (Å²) in [6.45, 7) is 2.30. The SMILES string of the molecule is CN(CCC1CCCN1)c1ccc(Cl)s1. The summed E-state index contributed by atoms with van der Waals surface area (Å²) in [4.78, 5) is 2.29. The van der Waals surface area contributed by atoms with E-state index in [1.807, 2.05) is 6.07 Å². The summed E-state index contributed by atoms with van der Waals surface area (Å²) in [6.07, 6.45) is 3.89. The molecule has 1 saturated heterocycles. The van der Waals surface area contributed by atoms with Gasteiger partial charge in [0.2, 0.25) is 0 Å².